The van der Waals surface area contributed by atoms with Gasteiger partial charge in [0.25, 0.3) is 0 Å². The molecule has 0 unspecified atom stereocenters. The van der Waals surface area contributed by atoms with Crippen molar-refractivity contribution < 1.29 is 23.5 Å². The Bertz CT molecular complexity index is 692. The number of fused-ring (bicyclic) bond motifs is 1. The van der Waals surface area contributed by atoms with Gasteiger partial charge in [0, 0.05) is 13.1 Å². The molecule has 3 amide bonds. The molecule has 2 atom stereocenters. The summed E-state index contributed by atoms with van der Waals surface area (Å²) < 4.78 is 18.1. The van der Waals surface area contributed by atoms with E-state index in [1.807, 2.05) is 13.8 Å². The van der Waals surface area contributed by atoms with E-state index in [0.29, 0.717) is 0 Å². The van der Waals surface area contributed by atoms with Gasteiger partial charge in [0.1, 0.15) is 23.7 Å². The molecule has 0 spiro atoms. The molecule has 7 nitrogen and oxygen atoms in total. The molecule has 1 aromatic carbocycles. The lowest BCUT2D eigenvalue weighted by molar-refractivity contribution is -0.153. The largest absolute Gasteiger partial charge is 0.415 e. The van der Waals surface area contributed by atoms with E-state index in [-0.39, 0.29) is 43.1 Å². The minimum atomic E-state index is -0.711. The SMILES string of the molecule is CC(C)[C@H]1NC(=O)[C@H]2CN(C(=O)Oc3ccc(F)cc3)CCN2C1=O. The van der Waals surface area contributed by atoms with Gasteiger partial charge in [-0.2, -0.15) is 0 Å². The molecule has 8 heteroatoms. The topological polar surface area (TPSA) is 79.0 Å². The summed E-state index contributed by atoms with van der Waals surface area (Å²) in [7, 11) is 0. The molecule has 0 bridgehead atoms. The molecule has 0 aromatic heterocycles. The lowest BCUT2D eigenvalue weighted by Crippen LogP contribution is -2.70. The molecule has 0 saturated carbocycles. The summed E-state index contributed by atoms with van der Waals surface area (Å²) in [6, 6.07) is 3.86. The molecule has 0 radical (unpaired) electrons. The lowest BCUT2D eigenvalue weighted by atomic mass is 9.96. The van der Waals surface area contributed by atoms with Gasteiger partial charge in [-0.25, -0.2) is 9.18 Å². The van der Waals surface area contributed by atoms with Crippen molar-refractivity contribution in [3.8, 4) is 5.75 Å². The van der Waals surface area contributed by atoms with Crippen LogP contribution in [-0.4, -0.2) is 59.4 Å². The van der Waals surface area contributed by atoms with Crippen molar-refractivity contribution in [1.29, 1.82) is 0 Å². The number of halogens is 1. The van der Waals surface area contributed by atoms with Crippen LogP contribution in [0.25, 0.3) is 0 Å². The minimum absolute atomic E-state index is 0.00105. The van der Waals surface area contributed by atoms with Crippen molar-refractivity contribution in [3.63, 3.8) is 0 Å². The molecule has 2 saturated heterocycles. The number of amides is 3. The number of hydrogen-bond donors (Lipinski definition) is 1. The fraction of sp³-hybridized carbons (Fsp3) is 0.471. The molecular formula is C17H20FN3O4. The van der Waals surface area contributed by atoms with Crippen LogP contribution >= 0.6 is 0 Å². The van der Waals surface area contributed by atoms with Crippen LogP contribution in [0.15, 0.2) is 24.3 Å². The Balaban J connectivity index is 1.66. The quantitative estimate of drug-likeness (QED) is 0.864. The van der Waals surface area contributed by atoms with Crippen LogP contribution in [0.2, 0.25) is 0 Å². The van der Waals surface area contributed by atoms with Crippen molar-refractivity contribution in [2.24, 2.45) is 5.92 Å². The lowest BCUT2D eigenvalue weighted by Gasteiger charge is -2.45. The molecule has 2 aliphatic heterocycles. The van der Waals surface area contributed by atoms with E-state index in [0.717, 1.165) is 0 Å². The predicted octanol–water partition coefficient (Wildman–Crippen LogP) is 0.992. The smallest absolute Gasteiger partial charge is 0.410 e. The maximum Gasteiger partial charge on any atom is 0.415 e. The monoisotopic (exact) mass is 349 g/mol. The summed E-state index contributed by atoms with van der Waals surface area (Å²) in [5, 5.41) is 2.73. The van der Waals surface area contributed by atoms with Gasteiger partial charge >= 0.3 is 6.09 Å². The molecule has 25 heavy (non-hydrogen) atoms. The molecule has 2 heterocycles. The highest BCUT2D eigenvalue weighted by molar-refractivity contribution is 5.97. The molecule has 2 fully saturated rings. The number of hydrogen-bond acceptors (Lipinski definition) is 4. The fourth-order valence-corrected chi connectivity index (χ4v) is 3.05. The van der Waals surface area contributed by atoms with Gasteiger partial charge in [0.15, 0.2) is 0 Å². The van der Waals surface area contributed by atoms with Crippen LogP contribution in [0.1, 0.15) is 13.8 Å². The highest BCUT2D eigenvalue weighted by Gasteiger charge is 2.45. The van der Waals surface area contributed by atoms with Gasteiger partial charge < -0.3 is 19.9 Å². The highest BCUT2D eigenvalue weighted by Crippen LogP contribution is 2.21. The van der Waals surface area contributed by atoms with Crippen molar-refractivity contribution in [2.45, 2.75) is 25.9 Å². The molecule has 1 aromatic rings. The third-order valence-corrected chi connectivity index (χ3v) is 4.47. The van der Waals surface area contributed by atoms with Gasteiger partial charge in [-0.3, -0.25) is 9.59 Å². The zero-order valence-electron chi connectivity index (χ0n) is 14.1. The van der Waals surface area contributed by atoms with Crippen molar-refractivity contribution >= 4 is 17.9 Å². The van der Waals surface area contributed by atoms with Crippen LogP contribution in [0.3, 0.4) is 0 Å². The Morgan fingerprint density at radius 2 is 1.92 bits per heavy atom. The Morgan fingerprint density at radius 1 is 1.24 bits per heavy atom. The maximum atomic E-state index is 12.9. The second kappa shape index (κ2) is 6.70. The molecule has 2 aliphatic rings. The first kappa shape index (κ1) is 17.2. The Kier molecular flexibility index (Phi) is 4.61. The van der Waals surface area contributed by atoms with E-state index in [1.165, 1.54) is 34.1 Å². The van der Waals surface area contributed by atoms with Gasteiger partial charge in [-0.05, 0) is 30.2 Å². The van der Waals surface area contributed by atoms with Crippen LogP contribution in [0.5, 0.6) is 5.75 Å². The van der Waals surface area contributed by atoms with Gasteiger partial charge in [0.05, 0.1) is 6.54 Å². The van der Waals surface area contributed by atoms with Crippen LogP contribution < -0.4 is 10.1 Å². The summed E-state index contributed by atoms with van der Waals surface area (Å²) in [4.78, 5) is 40.0. The number of benzene rings is 1. The van der Waals surface area contributed by atoms with Gasteiger partial charge in [-0.1, -0.05) is 13.8 Å². The number of nitrogens with zero attached hydrogens (tertiary/aromatic N) is 2. The van der Waals surface area contributed by atoms with E-state index in [4.69, 9.17) is 4.74 Å². The normalized spacial score (nSPS) is 23.4. The first-order chi connectivity index (χ1) is 11.9. The summed E-state index contributed by atoms with van der Waals surface area (Å²) in [5.74, 6) is -0.592. The predicted molar refractivity (Wildman–Crippen MR) is 86.3 cm³/mol. The Morgan fingerprint density at radius 3 is 2.56 bits per heavy atom. The molecule has 134 valence electrons. The third kappa shape index (κ3) is 3.42. The Labute approximate surface area is 144 Å². The first-order valence-electron chi connectivity index (χ1n) is 8.20. The van der Waals surface area contributed by atoms with E-state index in [1.54, 1.807) is 0 Å². The van der Waals surface area contributed by atoms with Crippen molar-refractivity contribution in [2.75, 3.05) is 19.6 Å². The summed E-state index contributed by atoms with van der Waals surface area (Å²) in [6.07, 6.45) is -0.627. The van der Waals surface area contributed by atoms with Crippen molar-refractivity contribution in [3.05, 3.63) is 30.1 Å². The summed E-state index contributed by atoms with van der Waals surface area (Å²) >= 11 is 0. The van der Waals surface area contributed by atoms with E-state index < -0.39 is 24.0 Å². The maximum absolute atomic E-state index is 12.9. The molecule has 1 N–H and O–H groups in total. The van der Waals surface area contributed by atoms with Gasteiger partial charge in [-0.15, -0.1) is 0 Å². The summed E-state index contributed by atoms with van der Waals surface area (Å²) in [6.45, 7) is 4.38. The van der Waals surface area contributed by atoms with Gasteiger partial charge in [0.2, 0.25) is 11.8 Å². The number of nitrogens with one attached hydrogen (secondary N) is 1. The average molecular weight is 349 g/mol. The van der Waals surface area contributed by atoms with Crippen LogP contribution in [0, 0.1) is 11.7 Å². The fourth-order valence-electron chi connectivity index (χ4n) is 3.05. The number of piperazine rings is 2. The average Bonchev–Trinajstić information content (AvgIpc) is 2.59. The van der Waals surface area contributed by atoms with E-state index >= 15 is 0 Å². The Hall–Kier alpha value is -2.64. The highest BCUT2D eigenvalue weighted by atomic mass is 19.1. The second-order valence-corrected chi connectivity index (χ2v) is 6.55. The molecule has 0 aliphatic carbocycles. The van der Waals surface area contributed by atoms with Crippen molar-refractivity contribution in [1.82, 2.24) is 15.1 Å². The number of carbonyl (C=O) groups is 3. The zero-order chi connectivity index (χ0) is 18.1. The second-order valence-electron chi connectivity index (χ2n) is 6.55. The number of carbonyl (C=O) groups excluding carboxylic acids is 3. The van der Waals surface area contributed by atoms with Crippen LogP contribution in [-0.2, 0) is 9.59 Å². The molecule has 3 rings (SSSR count). The van der Waals surface area contributed by atoms with Crippen LogP contribution in [0.4, 0.5) is 9.18 Å². The number of rotatable bonds is 2. The standard InChI is InChI=1S/C17H20FN3O4/c1-10(2)14-16(23)21-8-7-20(9-13(21)15(22)19-14)17(24)25-12-5-3-11(18)4-6-12/h3-6,10,13-14H,7-9H2,1-2H3,(H,19,22)/t13-,14-/m1/s1. The molecular weight excluding hydrogens is 329 g/mol. The number of ether oxygens (including phenoxy) is 1. The zero-order valence-corrected chi connectivity index (χ0v) is 14.1. The summed E-state index contributed by atoms with van der Waals surface area (Å²) in [5.41, 5.74) is 0. The minimum Gasteiger partial charge on any atom is -0.410 e. The first-order valence-corrected chi connectivity index (χ1v) is 8.20. The third-order valence-electron chi connectivity index (χ3n) is 4.47. The van der Waals surface area contributed by atoms with E-state index in [2.05, 4.69) is 5.32 Å². The van der Waals surface area contributed by atoms with E-state index in [9.17, 15) is 18.8 Å².